The highest BCUT2D eigenvalue weighted by Crippen LogP contribution is 2.31. The third kappa shape index (κ3) is 2.31. The molecule has 0 saturated heterocycles. The zero-order valence-corrected chi connectivity index (χ0v) is 8.66. The van der Waals surface area contributed by atoms with Gasteiger partial charge in [-0.3, -0.25) is 0 Å². The lowest BCUT2D eigenvalue weighted by atomic mass is 10.0. The van der Waals surface area contributed by atoms with Crippen LogP contribution < -0.4 is 5.73 Å². The Morgan fingerprint density at radius 2 is 1.82 bits per heavy atom. The van der Waals surface area contributed by atoms with Crippen LogP contribution in [0, 0.1) is 0 Å². The molecule has 2 aromatic rings. The highest BCUT2D eigenvalue weighted by atomic mass is 19.4. The van der Waals surface area contributed by atoms with Crippen molar-refractivity contribution in [3.63, 3.8) is 0 Å². The largest absolute Gasteiger partial charge is 0.416 e. The SMILES string of the molecule is NCc1oncc1-c1ccc(C(F)(F)F)cc1. The Hall–Kier alpha value is -1.82. The van der Waals surface area contributed by atoms with Crippen LogP contribution in [0.25, 0.3) is 11.1 Å². The molecule has 0 radical (unpaired) electrons. The number of aromatic nitrogens is 1. The molecule has 2 N–H and O–H groups in total. The number of hydrogen-bond acceptors (Lipinski definition) is 3. The molecule has 2 rings (SSSR count). The highest BCUT2D eigenvalue weighted by molar-refractivity contribution is 5.64. The third-order valence-electron chi connectivity index (χ3n) is 2.35. The van der Waals surface area contributed by atoms with Crippen LogP contribution in [-0.4, -0.2) is 5.16 Å². The van der Waals surface area contributed by atoms with Crippen molar-refractivity contribution < 1.29 is 17.7 Å². The van der Waals surface area contributed by atoms with Crippen LogP contribution in [-0.2, 0) is 12.7 Å². The summed E-state index contributed by atoms with van der Waals surface area (Å²) in [5.41, 5.74) is 5.94. The molecule has 0 amide bonds. The minimum Gasteiger partial charge on any atom is -0.359 e. The second-order valence-electron chi connectivity index (χ2n) is 3.44. The number of halogens is 3. The second kappa shape index (κ2) is 4.21. The van der Waals surface area contributed by atoms with E-state index in [4.69, 9.17) is 10.3 Å². The van der Waals surface area contributed by atoms with Crippen molar-refractivity contribution in [1.29, 1.82) is 0 Å². The maximum Gasteiger partial charge on any atom is 0.416 e. The van der Waals surface area contributed by atoms with Crippen molar-refractivity contribution in [1.82, 2.24) is 5.16 Å². The predicted octanol–water partition coefficient (Wildman–Crippen LogP) is 2.82. The monoisotopic (exact) mass is 242 g/mol. The summed E-state index contributed by atoms with van der Waals surface area (Å²) < 4.78 is 41.9. The average Bonchev–Trinajstić information content (AvgIpc) is 2.76. The minimum absolute atomic E-state index is 0.149. The quantitative estimate of drug-likeness (QED) is 0.880. The van der Waals surface area contributed by atoms with E-state index in [1.54, 1.807) is 0 Å². The molecule has 0 saturated carbocycles. The molecule has 0 unspecified atom stereocenters. The molecule has 0 spiro atoms. The van der Waals surface area contributed by atoms with Gasteiger partial charge in [0, 0.05) is 5.56 Å². The maximum absolute atomic E-state index is 12.4. The lowest BCUT2D eigenvalue weighted by molar-refractivity contribution is -0.137. The van der Waals surface area contributed by atoms with Gasteiger partial charge < -0.3 is 10.3 Å². The molecule has 17 heavy (non-hydrogen) atoms. The van der Waals surface area contributed by atoms with Crippen molar-refractivity contribution in [3.8, 4) is 11.1 Å². The topological polar surface area (TPSA) is 52.0 Å². The Kier molecular flexibility index (Phi) is 2.89. The Labute approximate surface area is 95.0 Å². The van der Waals surface area contributed by atoms with Crippen molar-refractivity contribution in [2.45, 2.75) is 12.7 Å². The van der Waals surface area contributed by atoms with Crippen LogP contribution in [0.2, 0.25) is 0 Å². The minimum atomic E-state index is -4.33. The lowest BCUT2D eigenvalue weighted by Gasteiger charge is -2.07. The van der Waals surface area contributed by atoms with Crippen LogP contribution in [0.3, 0.4) is 0 Å². The fourth-order valence-corrected chi connectivity index (χ4v) is 1.49. The van der Waals surface area contributed by atoms with Gasteiger partial charge in [-0.15, -0.1) is 0 Å². The molecular formula is C11H9F3N2O. The maximum atomic E-state index is 12.4. The summed E-state index contributed by atoms with van der Waals surface area (Å²) in [5.74, 6) is 0.449. The fraction of sp³-hybridized carbons (Fsp3) is 0.182. The van der Waals surface area contributed by atoms with Gasteiger partial charge in [-0.1, -0.05) is 17.3 Å². The van der Waals surface area contributed by atoms with Gasteiger partial charge in [-0.25, -0.2) is 0 Å². The van der Waals surface area contributed by atoms with Crippen molar-refractivity contribution >= 4 is 0 Å². The van der Waals surface area contributed by atoms with Crippen molar-refractivity contribution in [2.75, 3.05) is 0 Å². The number of alkyl halides is 3. The van der Waals surface area contributed by atoms with E-state index in [-0.39, 0.29) is 6.54 Å². The lowest BCUT2D eigenvalue weighted by Crippen LogP contribution is -2.04. The van der Waals surface area contributed by atoms with Crippen molar-refractivity contribution in [3.05, 3.63) is 41.8 Å². The Balaban J connectivity index is 2.36. The fourth-order valence-electron chi connectivity index (χ4n) is 1.49. The van der Waals surface area contributed by atoms with Gasteiger partial charge >= 0.3 is 6.18 Å². The summed E-state index contributed by atoms with van der Waals surface area (Å²) in [6.45, 7) is 0.149. The molecule has 1 aromatic heterocycles. The molecular weight excluding hydrogens is 233 g/mol. The molecule has 6 heteroatoms. The zero-order valence-electron chi connectivity index (χ0n) is 8.66. The highest BCUT2D eigenvalue weighted by Gasteiger charge is 2.30. The number of benzene rings is 1. The van der Waals surface area contributed by atoms with Gasteiger partial charge in [-0.2, -0.15) is 13.2 Å². The molecule has 0 bridgehead atoms. The number of nitrogens with zero attached hydrogens (tertiary/aromatic N) is 1. The summed E-state index contributed by atoms with van der Waals surface area (Å²) in [6.07, 6.45) is -2.89. The van der Waals surface area contributed by atoms with E-state index in [9.17, 15) is 13.2 Å². The van der Waals surface area contributed by atoms with Gasteiger partial charge in [0.25, 0.3) is 0 Å². The molecule has 0 aliphatic carbocycles. The Morgan fingerprint density at radius 3 is 2.35 bits per heavy atom. The van der Waals surface area contributed by atoms with Gasteiger partial charge in [0.05, 0.1) is 18.3 Å². The van der Waals surface area contributed by atoms with Crippen LogP contribution in [0.1, 0.15) is 11.3 Å². The van der Waals surface area contributed by atoms with E-state index in [0.717, 1.165) is 12.1 Å². The molecule has 1 aromatic carbocycles. The predicted molar refractivity (Wildman–Crippen MR) is 54.8 cm³/mol. The normalized spacial score (nSPS) is 11.8. The van der Waals surface area contributed by atoms with E-state index in [0.29, 0.717) is 16.9 Å². The van der Waals surface area contributed by atoms with E-state index in [1.165, 1.54) is 18.3 Å². The summed E-state index contributed by atoms with van der Waals surface area (Å²) in [6, 6.07) is 4.77. The smallest absolute Gasteiger partial charge is 0.359 e. The Bertz CT molecular complexity index is 502. The summed E-state index contributed by atoms with van der Waals surface area (Å²) in [5, 5.41) is 3.56. The molecule has 0 aliphatic heterocycles. The van der Waals surface area contributed by atoms with Gasteiger partial charge in [0.2, 0.25) is 0 Å². The van der Waals surface area contributed by atoms with E-state index in [1.807, 2.05) is 0 Å². The zero-order chi connectivity index (χ0) is 12.5. The van der Waals surface area contributed by atoms with Gasteiger partial charge in [0.1, 0.15) is 0 Å². The summed E-state index contributed by atoms with van der Waals surface area (Å²) in [4.78, 5) is 0. The number of rotatable bonds is 2. The van der Waals surface area contributed by atoms with Crippen LogP contribution in [0.15, 0.2) is 35.0 Å². The van der Waals surface area contributed by atoms with Crippen LogP contribution in [0.4, 0.5) is 13.2 Å². The summed E-state index contributed by atoms with van der Waals surface area (Å²) >= 11 is 0. The molecule has 90 valence electrons. The number of nitrogens with two attached hydrogens (primary N) is 1. The van der Waals surface area contributed by atoms with E-state index in [2.05, 4.69) is 5.16 Å². The average molecular weight is 242 g/mol. The first-order valence-electron chi connectivity index (χ1n) is 4.83. The third-order valence-corrected chi connectivity index (χ3v) is 2.35. The van der Waals surface area contributed by atoms with Gasteiger partial charge in [-0.05, 0) is 17.7 Å². The first kappa shape index (κ1) is 11.7. The standard InChI is InChI=1S/C11H9F3N2O/c12-11(13,14)8-3-1-7(2-4-8)9-6-16-17-10(9)5-15/h1-4,6H,5,15H2. The Morgan fingerprint density at radius 1 is 1.18 bits per heavy atom. The molecule has 0 fully saturated rings. The second-order valence-corrected chi connectivity index (χ2v) is 3.44. The number of hydrogen-bond donors (Lipinski definition) is 1. The molecule has 3 nitrogen and oxygen atoms in total. The van der Waals surface area contributed by atoms with Crippen LogP contribution >= 0.6 is 0 Å². The molecule has 0 atom stereocenters. The first-order valence-corrected chi connectivity index (χ1v) is 4.83. The molecule has 0 aliphatic rings. The van der Waals surface area contributed by atoms with Crippen LogP contribution in [0.5, 0.6) is 0 Å². The van der Waals surface area contributed by atoms with E-state index < -0.39 is 11.7 Å². The first-order chi connectivity index (χ1) is 8.02. The summed E-state index contributed by atoms with van der Waals surface area (Å²) in [7, 11) is 0. The van der Waals surface area contributed by atoms with E-state index >= 15 is 0 Å². The molecule has 1 heterocycles. The van der Waals surface area contributed by atoms with Gasteiger partial charge in [0.15, 0.2) is 5.76 Å². The van der Waals surface area contributed by atoms with Crippen molar-refractivity contribution in [2.24, 2.45) is 5.73 Å².